The number of anilines is 1. The van der Waals surface area contributed by atoms with Gasteiger partial charge in [-0.25, -0.2) is 0 Å². The number of carbonyl (C=O) groups is 2. The molecule has 0 atom stereocenters. The molecule has 0 saturated heterocycles. The van der Waals surface area contributed by atoms with Crippen LogP contribution in [0.4, 0.5) is 5.69 Å². The second-order valence-corrected chi connectivity index (χ2v) is 6.56. The Hall–Kier alpha value is -2.33. The zero-order valence-electron chi connectivity index (χ0n) is 14.2. The molecular weight excluding hydrogens is 336 g/mol. The van der Waals surface area contributed by atoms with E-state index in [0.29, 0.717) is 30.1 Å². The summed E-state index contributed by atoms with van der Waals surface area (Å²) in [6, 6.07) is 13.2. The van der Waals surface area contributed by atoms with E-state index in [1.807, 2.05) is 43.3 Å². The normalized spacial score (nSPS) is 12.8. The molecule has 2 amide bonds. The average molecular weight is 357 g/mol. The van der Waals surface area contributed by atoms with Gasteiger partial charge >= 0.3 is 0 Å². The predicted molar refractivity (Wildman–Crippen MR) is 100 cm³/mol. The Bertz CT molecular complexity index is 787. The zero-order chi connectivity index (χ0) is 17.8. The Labute approximate surface area is 152 Å². The van der Waals surface area contributed by atoms with Gasteiger partial charge < -0.3 is 10.2 Å². The van der Waals surface area contributed by atoms with E-state index in [9.17, 15) is 9.59 Å². The molecule has 0 aromatic heterocycles. The lowest BCUT2D eigenvalue weighted by molar-refractivity contribution is -0.118. The number of nitrogens with zero attached hydrogens (tertiary/aromatic N) is 1. The lowest BCUT2D eigenvalue weighted by Gasteiger charge is -2.16. The zero-order valence-corrected chi connectivity index (χ0v) is 15.0. The van der Waals surface area contributed by atoms with Crippen LogP contribution >= 0.6 is 11.6 Å². The number of benzene rings is 2. The van der Waals surface area contributed by atoms with Crippen LogP contribution in [0.2, 0.25) is 5.02 Å². The maximum absolute atomic E-state index is 12.3. The average Bonchev–Trinajstić information content (AvgIpc) is 3.05. The van der Waals surface area contributed by atoms with Crippen LogP contribution in [-0.4, -0.2) is 24.9 Å². The second-order valence-electron chi connectivity index (χ2n) is 6.12. The molecule has 0 spiro atoms. The topological polar surface area (TPSA) is 49.4 Å². The summed E-state index contributed by atoms with van der Waals surface area (Å²) < 4.78 is 0. The van der Waals surface area contributed by atoms with Crippen molar-refractivity contribution in [2.45, 2.75) is 26.2 Å². The van der Waals surface area contributed by atoms with E-state index in [1.165, 1.54) is 0 Å². The summed E-state index contributed by atoms with van der Waals surface area (Å²) in [7, 11) is 0. The van der Waals surface area contributed by atoms with E-state index < -0.39 is 0 Å². The molecular formula is C20H21ClN2O2. The number of halogens is 1. The monoisotopic (exact) mass is 356 g/mol. The SMILES string of the molecule is CCC(=O)N1CCc2cc(C(=O)NCCc3ccc(Cl)cc3)ccc21. The summed E-state index contributed by atoms with van der Waals surface area (Å²) in [5.41, 5.74) is 3.77. The Balaban J connectivity index is 1.60. The lowest BCUT2D eigenvalue weighted by Crippen LogP contribution is -2.28. The number of hydrogen-bond acceptors (Lipinski definition) is 2. The van der Waals surface area contributed by atoms with E-state index in [2.05, 4.69) is 5.32 Å². The third-order valence-electron chi connectivity index (χ3n) is 4.45. The van der Waals surface area contributed by atoms with Crippen LogP contribution in [-0.2, 0) is 17.6 Å². The summed E-state index contributed by atoms with van der Waals surface area (Å²) in [6.45, 7) is 3.13. The molecule has 1 heterocycles. The summed E-state index contributed by atoms with van der Waals surface area (Å²) in [6.07, 6.45) is 2.05. The first-order valence-corrected chi connectivity index (χ1v) is 8.92. The predicted octanol–water partition coefficient (Wildman–Crippen LogP) is 3.61. The van der Waals surface area contributed by atoms with Crippen LogP contribution in [0, 0.1) is 0 Å². The standard InChI is InChI=1S/C20H21ClN2O2/c1-2-19(24)23-12-10-15-13-16(5-8-18(15)23)20(25)22-11-9-14-3-6-17(21)7-4-14/h3-8,13H,2,9-12H2,1H3,(H,22,25). The fourth-order valence-electron chi connectivity index (χ4n) is 3.07. The highest BCUT2D eigenvalue weighted by Crippen LogP contribution is 2.29. The van der Waals surface area contributed by atoms with Crippen LogP contribution in [0.5, 0.6) is 0 Å². The van der Waals surface area contributed by atoms with Crippen molar-refractivity contribution in [1.82, 2.24) is 5.32 Å². The second kappa shape index (κ2) is 7.70. The Morgan fingerprint density at radius 3 is 2.64 bits per heavy atom. The fraction of sp³-hybridized carbons (Fsp3) is 0.300. The molecule has 1 aliphatic heterocycles. The maximum atomic E-state index is 12.3. The quantitative estimate of drug-likeness (QED) is 0.889. The lowest BCUT2D eigenvalue weighted by atomic mass is 10.1. The minimum atomic E-state index is -0.0861. The number of carbonyl (C=O) groups excluding carboxylic acids is 2. The van der Waals surface area contributed by atoms with Gasteiger partial charge in [0.15, 0.2) is 0 Å². The van der Waals surface area contributed by atoms with E-state index >= 15 is 0 Å². The number of amides is 2. The van der Waals surface area contributed by atoms with Crippen molar-refractivity contribution in [3.8, 4) is 0 Å². The van der Waals surface area contributed by atoms with Crippen molar-refractivity contribution < 1.29 is 9.59 Å². The molecule has 0 aliphatic carbocycles. The molecule has 1 aliphatic rings. The van der Waals surface area contributed by atoms with Crippen molar-refractivity contribution in [3.05, 3.63) is 64.2 Å². The molecule has 2 aromatic rings. The Morgan fingerprint density at radius 1 is 1.16 bits per heavy atom. The first kappa shape index (κ1) is 17.5. The first-order chi connectivity index (χ1) is 12.1. The smallest absolute Gasteiger partial charge is 0.251 e. The van der Waals surface area contributed by atoms with Gasteiger partial charge in [0.2, 0.25) is 5.91 Å². The highest BCUT2D eigenvalue weighted by molar-refractivity contribution is 6.30. The van der Waals surface area contributed by atoms with Gasteiger partial charge in [0.25, 0.3) is 5.91 Å². The molecule has 5 heteroatoms. The van der Waals surface area contributed by atoms with Gasteiger partial charge in [0.05, 0.1) is 0 Å². The molecule has 1 N–H and O–H groups in total. The molecule has 0 bridgehead atoms. The third kappa shape index (κ3) is 4.02. The molecule has 0 saturated carbocycles. The van der Waals surface area contributed by atoms with Gasteiger partial charge in [0.1, 0.15) is 0 Å². The number of rotatable bonds is 5. The van der Waals surface area contributed by atoms with Gasteiger partial charge in [-0.3, -0.25) is 9.59 Å². The summed E-state index contributed by atoms with van der Waals surface area (Å²) >= 11 is 5.87. The largest absolute Gasteiger partial charge is 0.352 e. The van der Waals surface area contributed by atoms with Gasteiger partial charge in [0, 0.05) is 35.8 Å². The molecule has 0 unspecified atom stereocenters. The Kier molecular flexibility index (Phi) is 5.39. The van der Waals surface area contributed by atoms with E-state index in [-0.39, 0.29) is 11.8 Å². The van der Waals surface area contributed by atoms with Crippen molar-refractivity contribution in [2.75, 3.05) is 18.0 Å². The fourth-order valence-corrected chi connectivity index (χ4v) is 3.19. The number of nitrogens with one attached hydrogen (secondary N) is 1. The highest BCUT2D eigenvalue weighted by Gasteiger charge is 2.24. The minimum absolute atomic E-state index is 0.0861. The molecule has 4 nitrogen and oxygen atoms in total. The third-order valence-corrected chi connectivity index (χ3v) is 4.71. The minimum Gasteiger partial charge on any atom is -0.352 e. The molecule has 0 fully saturated rings. The Morgan fingerprint density at radius 2 is 1.92 bits per heavy atom. The van der Waals surface area contributed by atoms with Crippen LogP contribution < -0.4 is 10.2 Å². The van der Waals surface area contributed by atoms with Crippen molar-refractivity contribution in [2.24, 2.45) is 0 Å². The van der Waals surface area contributed by atoms with Crippen molar-refractivity contribution in [3.63, 3.8) is 0 Å². The van der Waals surface area contributed by atoms with Crippen LogP contribution in [0.1, 0.15) is 34.8 Å². The van der Waals surface area contributed by atoms with Crippen molar-refractivity contribution >= 4 is 29.1 Å². The molecule has 0 radical (unpaired) electrons. The van der Waals surface area contributed by atoms with Crippen LogP contribution in [0.25, 0.3) is 0 Å². The summed E-state index contributed by atoms with van der Waals surface area (Å²) in [5, 5.41) is 3.66. The maximum Gasteiger partial charge on any atom is 0.251 e. The number of fused-ring (bicyclic) bond motifs is 1. The summed E-state index contributed by atoms with van der Waals surface area (Å²) in [5.74, 6) is 0.0379. The van der Waals surface area contributed by atoms with Crippen LogP contribution in [0.15, 0.2) is 42.5 Å². The first-order valence-electron chi connectivity index (χ1n) is 8.54. The number of hydrogen-bond donors (Lipinski definition) is 1. The van der Waals surface area contributed by atoms with Gasteiger partial charge in [-0.15, -0.1) is 0 Å². The molecule has 25 heavy (non-hydrogen) atoms. The molecule has 130 valence electrons. The van der Waals surface area contributed by atoms with Gasteiger partial charge in [-0.2, -0.15) is 0 Å². The molecule has 2 aromatic carbocycles. The van der Waals surface area contributed by atoms with Gasteiger partial charge in [-0.05, 0) is 54.3 Å². The highest BCUT2D eigenvalue weighted by atomic mass is 35.5. The summed E-state index contributed by atoms with van der Waals surface area (Å²) in [4.78, 5) is 26.1. The van der Waals surface area contributed by atoms with E-state index in [4.69, 9.17) is 11.6 Å². The molecule has 3 rings (SSSR count). The van der Waals surface area contributed by atoms with Crippen LogP contribution in [0.3, 0.4) is 0 Å². The van der Waals surface area contributed by atoms with E-state index in [1.54, 1.807) is 11.0 Å². The van der Waals surface area contributed by atoms with Gasteiger partial charge in [-0.1, -0.05) is 30.7 Å². The van der Waals surface area contributed by atoms with Crippen molar-refractivity contribution in [1.29, 1.82) is 0 Å². The van der Waals surface area contributed by atoms with E-state index in [0.717, 1.165) is 29.7 Å².